The number of hydrogen-bond acceptors (Lipinski definition) is 5. The van der Waals surface area contributed by atoms with Gasteiger partial charge in [0.1, 0.15) is 6.04 Å². The van der Waals surface area contributed by atoms with E-state index in [-0.39, 0.29) is 12.2 Å². The first-order chi connectivity index (χ1) is 12.6. The van der Waals surface area contributed by atoms with Crippen LogP contribution in [0.15, 0.2) is 48.0 Å². The van der Waals surface area contributed by atoms with Gasteiger partial charge in [-0.25, -0.2) is 9.48 Å². The molecule has 1 amide bonds. The molecule has 0 fully saturated rings. The zero-order chi connectivity index (χ0) is 18.1. The highest BCUT2D eigenvalue weighted by atomic mass is 32.1. The van der Waals surface area contributed by atoms with E-state index in [2.05, 4.69) is 10.3 Å². The normalized spacial score (nSPS) is 16.3. The van der Waals surface area contributed by atoms with Crippen LogP contribution >= 0.6 is 11.3 Å². The van der Waals surface area contributed by atoms with Gasteiger partial charge in [-0.05, 0) is 22.6 Å². The first-order valence-electron chi connectivity index (χ1n) is 8.15. The molecule has 26 heavy (non-hydrogen) atoms. The van der Waals surface area contributed by atoms with Gasteiger partial charge in [-0.2, -0.15) is 0 Å². The number of carboxylic acids is 1. The van der Waals surface area contributed by atoms with E-state index in [9.17, 15) is 14.7 Å². The summed E-state index contributed by atoms with van der Waals surface area (Å²) in [6.45, 7) is 0.785. The van der Waals surface area contributed by atoms with Crippen LogP contribution in [0, 0.1) is 0 Å². The second kappa shape index (κ2) is 6.72. The molecule has 0 spiro atoms. The quantitative estimate of drug-likeness (QED) is 0.761. The Bertz CT molecular complexity index is 951. The van der Waals surface area contributed by atoms with Crippen molar-refractivity contribution >= 4 is 23.2 Å². The second-order valence-electron chi connectivity index (χ2n) is 6.14. The average molecular weight is 368 g/mol. The molecule has 1 atom stereocenters. The number of carbonyl (C=O) groups excluding carboxylic acids is 1. The van der Waals surface area contributed by atoms with Crippen LogP contribution in [0.25, 0.3) is 0 Å². The van der Waals surface area contributed by atoms with Crippen molar-refractivity contribution in [2.24, 2.45) is 0 Å². The Morgan fingerprint density at radius 3 is 2.73 bits per heavy atom. The Hall–Kier alpha value is -3.00. The van der Waals surface area contributed by atoms with Gasteiger partial charge in [0.25, 0.3) is 5.91 Å². The van der Waals surface area contributed by atoms with Gasteiger partial charge in [0.2, 0.25) is 0 Å². The SMILES string of the molecule is O=C(O)[C@@H]1Cc2ccccc2CN1C(=O)c1cn(Cc2cccs2)nn1. The molecular weight excluding hydrogens is 352 g/mol. The highest BCUT2D eigenvalue weighted by Crippen LogP contribution is 2.25. The fourth-order valence-corrected chi connectivity index (χ4v) is 3.84. The number of aliphatic carboxylic acids is 1. The van der Waals surface area contributed by atoms with Crippen molar-refractivity contribution in [2.75, 3.05) is 0 Å². The number of amides is 1. The van der Waals surface area contributed by atoms with E-state index in [1.165, 1.54) is 4.90 Å². The molecule has 4 rings (SSSR count). The van der Waals surface area contributed by atoms with Crippen molar-refractivity contribution in [3.63, 3.8) is 0 Å². The van der Waals surface area contributed by atoms with Gasteiger partial charge in [-0.15, -0.1) is 16.4 Å². The highest BCUT2D eigenvalue weighted by molar-refractivity contribution is 7.09. The van der Waals surface area contributed by atoms with Crippen molar-refractivity contribution in [1.82, 2.24) is 19.9 Å². The van der Waals surface area contributed by atoms with Gasteiger partial charge in [0.15, 0.2) is 5.69 Å². The molecule has 0 saturated heterocycles. The molecule has 132 valence electrons. The summed E-state index contributed by atoms with van der Waals surface area (Å²) in [7, 11) is 0. The van der Waals surface area contributed by atoms with Gasteiger partial charge in [-0.3, -0.25) is 4.79 Å². The number of carbonyl (C=O) groups is 2. The minimum Gasteiger partial charge on any atom is -0.480 e. The molecular formula is C18H16N4O3S. The molecule has 0 bridgehead atoms. The number of thiophene rings is 1. The van der Waals surface area contributed by atoms with E-state index >= 15 is 0 Å². The second-order valence-corrected chi connectivity index (χ2v) is 7.17. The summed E-state index contributed by atoms with van der Waals surface area (Å²) >= 11 is 1.60. The Morgan fingerprint density at radius 1 is 1.19 bits per heavy atom. The molecule has 0 saturated carbocycles. The molecule has 0 unspecified atom stereocenters. The summed E-state index contributed by atoms with van der Waals surface area (Å²) in [6.07, 6.45) is 1.86. The van der Waals surface area contributed by atoms with Gasteiger partial charge < -0.3 is 10.0 Å². The lowest BCUT2D eigenvalue weighted by Crippen LogP contribution is -2.48. The average Bonchev–Trinajstić information content (AvgIpc) is 3.32. The Balaban J connectivity index is 1.58. The molecule has 1 aliphatic heterocycles. The van der Waals surface area contributed by atoms with E-state index < -0.39 is 17.9 Å². The van der Waals surface area contributed by atoms with Crippen LogP contribution in [0.3, 0.4) is 0 Å². The predicted molar refractivity (Wildman–Crippen MR) is 94.9 cm³/mol. The molecule has 2 aromatic heterocycles. The Labute approximate surface area is 153 Å². The number of nitrogens with zero attached hydrogens (tertiary/aromatic N) is 4. The van der Waals surface area contributed by atoms with Gasteiger partial charge >= 0.3 is 5.97 Å². The lowest BCUT2D eigenvalue weighted by Gasteiger charge is -2.33. The van der Waals surface area contributed by atoms with Crippen molar-refractivity contribution in [1.29, 1.82) is 0 Å². The smallest absolute Gasteiger partial charge is 0.326 e. The maximum atomic E-state index is 12.9. The van der Waals surface area contributed by atoms with Crippen LogP contribution in [0.5, 0.6) is 0 Å². The summed E-state index contributed by atoms with van der Waals surface area (Å²) in [6, 6.07) is 10.6. The van der Waals surface area contributed by atoms with Gasteiger partial charge in [0.05, 0.1) is 12.7 Å². The Kier molecular flexibility index (Phi) is 4.26. The first-order valence-corrected chi connectivity index (χ1v) is 9.03. The molecule has 3 heterocycles. The summed E-state index contributed by atoms with van der Waals surface area (Å²) in [5.41, 5.74) is 2.09. The van der Waals surface area contributed by atoms with Crippen molar-refractivity contribution < 1.29 is 14.7 Å². The summed E-state index contributed by atoms with van der Waals surface area (Å²) in [4.78, 5) is 27.0. The van der Waals surface area contributed by atoms with Crippen LogP contribution in [0.1, 0.15) is 26.5 Å². The molecule has 0 radical (unpaired) electrons. The predicted octanol–water partition coefficient (Wildman–Crippen LogP) is 2.04. The van der Waals surface area contributed by atoms with Crippen LogP contribution in [-0.2, 0) is 24.3 Å². The first kappa shape index (κ1) is 16.5. The number of benzene rings is 1. The maximum absolute atomic E-state index is 12.9. The van der Waals surface area contributed by atoms with E-state index in [0.29, 0.717) is 13.0 Å². The minimum absolute atomic E-state index is 0.159. The third-order valence-electron chi connectivity index (χ3n) is 4.45. The number of aromatic nitrogens is 3. The lowest BCUT2D eigenvalue weighted by molar-refractivity contribution is -0.142. The summed E-state index contributed by atoms with van der Waals surface area (Å²) in [5.74, 6) is -1.43. The highest BCUT2D eigenvalue weighted by Gasteiger charge is 2.35. The summed E-state index contributed by atoms with van der Waals surface area (Å²) < 4.78 is 1.59. The number of carboxylic acid groups (broad SMARTS) is 1. The number of fused-ring (bicyclic) bond motifs is 1. The Morgan fingerprint density at radius 2 is 2.00 bits per heavy atom. The molecule has 0 aliphatic carbocycles. The fourth-order valence-electron chi connectivity index (χ4n) is 3.14. The third-order valence-corrected chi connectivity index (χ3v) is 5.31. The van der Waals surface area contributed by atoms with Crippen molar-refractivity contribution in [3.05, 3.63) is 69.7 Å². The fraction of sp³-hybridized carbons (Fsp3) is 0.222. The molecule has 3 aromatic rings. The number of rotatable bonds is 4. The van der Waals surface area contributed by atoms with Crippen LogP contribution in [-0.4, -0.2) is 42.9 Å². The third kappa shape index (κ3) is 3.11. The summed E-state index contributed by atoms with van der Waals surface area (Å²) in [5, 5.41) is 19.5. The molecule has 8 heteroatoms. The minimum atomic E-state index is -1.01. The van der Waals surface area contributed by atoms with Crippen LogP contribution in [0.4, 0.5) is 0 Å². The standard InChI is InChI=1S/C18H16N4O3S/c23-17(15-11-21(20-19-15)10-14-6-3-7-26-14)22-9-13-5-2-1-4-12(13)8-16(22)18(24)25/h1-7,11,16H,8-10H2,(H,24,25)/t16-/m0/s1. The van der Waals surface area contributed by atoms with E-state index in [1.807, 2.05) is 41.8 Å². The van der Waals surface area contributed by atoms with E-state index in [1.54, 1.807) is 22.2 Å². The molecule has 7 nitrogen and oxygen atoms in total. The van der Waals surface area contributed by atoms with Crippen LogP contribution in [0.2, 0.25) is 0 Å². The molecule has 1 aliphatic rings. The maximum Gasteiger partial charge on any atom is 0.326 e. The zero-order valence-corrected chi connectivity index (χ0v) is 14.6. The van der Waals surface area contributed by atoms with E-state index in [0.717, 1.165) is 16.0 Å². The largest absolute Gasteiger partial charge is 0.480 e. The topological polar surface area (TPSA) is 88.3 Å². The van der Waals surface area contributed by atoms with Gasteiger partial charge in [-0.1, -0.05) is 35.5 Å². The number of hydrogen-bond donors (Lipinski definition) is 1. The van der Waals surface area contributed by atoms with Crippen molar-refractivity contribution in [2.45, 2.75) is 25.6 Å². The molecule has 1 aromatic carbocycles. The van der Waals surface area contributed by atoms with Crippen LogP contribution < -0.4 is 0 Å². The monoisotopic (exact) mass is 368 g/mol. The molecule has 1 N–H and O–H groups in total. The van der Waals surface area contributed by atoms with Gasteiger partial charge in [0, 0.05) is 17.8 Å². The van der Waals surface area contributed by atoms with Crippen molar-refractivity contribution in [3.8, 4) is 0 Å². The van der Waals surface area contributed by atoms with E-state index in [4.69, 9.17) is 0 Å². The zero-order valence-electron chi connectivity index (χ0n) is 13.8. The lowest BCUT2D eigenvalue weighted by atomic mass is 9.94.